The van der Waals surface area contributed by atoms with Gasteiger partial charge in [0.1, 0.15) is 11.6 Å². The van der Waals surface area contributed by atoms with Crippen molar-refractivity contribution < 1.29 is 12.9 Å². The molecule has 2 aromatic rings. The van der Waals surface area contributed by atoms with Crippen molar-refractivity contribution in [3.63, 3.8) is 0 Å². The van der Waals surface area contributed by atoms with Gasteiger partial charge in [0.2, 0.25) is 0 Å². The number of aryl methyl sites for hydroxylation is 2. The van der Waals surface area contributed by atoms with Gasteiger partial charge in [-0.3, -0.25) is 4.72 Å². The van der Waals surface area contributed by atoms with Crippen molar-refractivity contribution in [2.45, 2.75) is 51.6 Å². The van der Waals surface area contributed by atoms with Crippen molar-refractivity contribution in [1.29, 1.82) is 0 Å². The molecule has 0 aliphatic rings. The molecule has 0 aliphatic heterocycles. The van der Waals surface area contributed by atoms with Crippen LogP contribution >= 0.6 is 0 Å². The maximum atomic E-state index is 12.3. The fourth-order valence-electron chi connectivity index (χ4n) is 1.80. The molecular formula is C13H20N4O3S. The monoisotopic (exact) mass is 312 g/mol. The standard InChI is InChI=1S/C13H20N4O3S/c1-6-17-8-12(14-9(17)2)21(18,19)16-11-7-10(20-15-11)13(3,4)5/h7-8H,6H2,1-5H3,(H,15,16). The van der Waals surface area contributed by atoms with Crippen LogP contribution in [0.25, 0.3) is 0 Å². The Morgan fingerprint density at radius 2 is 2.05 bits per heavy atom. The van der Waals surface area contributed by atoms with Crippen LogP contribution in [0.15, 0.2) is 21.8 Å². The normalized spacial score (nSPS) is 12.6. The first kappa shape index (κ1) is 15.6. The molecule has 1 N–H and O–H groups in total. The molecule has 116 valence electrons. The number of sulfonamides is 1. The van der Waals surface area contributed by atoms with Crippen molar-refractivity contribution in [3.05, 3.63) is 23.8 Å². The molecule has 2 rings (SSSR count). The maximum Gasteiger partial charge on any atom is 0.282 e. The van der Waals surface area contributed by atoms with Gasteiger partial charge in [-0.2, -0.15) is 8.42 Å². The van der Waals surface area contributed by atoms with Crippen LogP contribution in [0.1, 0.15) is 39.3 Å². The molecule has 0 radical (unpaired) electrons. The van der Waals surface area contributed by atoms with E-state index in [4.69, 9.17) is 4.52 Å². The molecule has 21 heavy (non-hydrogen) atoms. The van der Waals surface area contributed by atoms with E-state index >= 15 is 0 Å². The Bertz CT molecular complexity index is 738. The Morgan fingerprint density at radius 1 is 1.38 bits per heavy atom. The Balaban J connectivity index is 2.27. The van der Waals surface area contributed by atoms with Crippen molar-refractivity contribution in [2.24, 2.45) is 0 Å². The Hall–Kier alpha value is -1.83. The summed E-state index contributed by atoms with van der Waals surface area (Å²) < 4.78 is 33.9. The van der Waals surface area contributed by atoms with Crippen LogP contribution in [0.5, 0.6) is 0 Å². The van der Waals surface area contributed by atoms with Gasteiger partial charge in [-0.25, -0.2) is 4.98 Å². The fourth-order valence-corrected chi connectivity index (χ4v) is 2.79. The van der Waals surface area contributed by atoms with Gasteiger partial charge in [0, 0.05) is 24.2 Å². The number of nitrogens with zero attached hydrogens (tertiary/aromatic N) is 3. The minimum Gasteiger partial charge on any atom is -0.359 e. The molecule has 8 heteroatoms. The van der Waals surface area contributed by atoms with E-state index in [0.29, 0.717) is 18.1 Å². The molecule has 2 aromatic heterocycles. The fraction of sp³-hybridized carbons (Fsp3) is 0.538. The third-order valence-electron chi connectivity index (χ3n) is 3.06. The van der Waals surface area contributed by atoms with Crippen LogP contribution in [-0.2, 0) is 22.0 Å². The van der Waals surface area contributed by atoms with E-state index in [0.717, 1.165) is 0 Å². The molecule has 0 aromatic carbocycles. The zero-order valence-corrected chi connectivity index (χ0v) is 13.7. The van der Waals surface area contributed by atoms with E-state index in [1.165, 1.54) is 6.20 Å². The smallest absolute Gasteiger partial charge is 0.282 e. The summed E-state index contributed by atoms with van der Waals surface area (Å²) in [5.74, 6) is 1.41. The summed E-state index contributed by atoms with van der Waals surface area (Å²) in [6.45, 7) is 10.2. The lowest BCUT2D eigenvalue weighted by Gasteiger charge is -2.12. The zero-order chi connectivity index (χ0) is 15.8. The number of hydrogen-bond donors (Lipinski definition) is 1. The van der Waals surface area contributed by atoms with Gasteiger partial charge < -0.3 is 9.09 Å². The Morgan fingerprint density at radius 3 is 2.52 bits per heavy atom. The van der Waals surface area contributed by atoms with E-state index < -0.39 is 10.0 Å². The van der Waals surface area contributed by atoms with E-state index in [1.54, 1.807) is 17.6 Å². The lowest BCUT2D eigenvalue weighted by molar-refractivity contribution is 0.331. The van der Waals surface area contributed by atoms with Crippen molar-refractivity contribution >= 4 is 15.8 Å². The third-order valence-corrected chi connectivity index (χ3v) is 4.28. The predicted molar refractivity (Wildman–Crippen MR) is 78.6 cm³/mol. The molecule has 0 spiro atoms. The molecule has 0 aliphatic carbocycles. The maximum absolute atomic E-state index is 12.3. The number of anilines is 1. The molecular weight excluding hydrogens is 292 g/mol. The minimum absolute atomic E-state index is 0.0258. The van der Waals surface area contributed by atoms with Gasteiger partial charge >= 0.3 is 0 Å². The van der Waals surface area contributed by atoms with Crippen molar-refractivity contribution in [1.82, 2.24) is 14.7 Å². The summed E-state index contributed by atoms with van der Waals surface area (Å²) in [5, 5.41) is 3.72. The first-order valence-electron chi connectivity index (χ1n) is 6.67. The second kappa shape index (κ2) is 5.18. The number of aromatic nitrogens is 3. The summed E-state index contributed by atoms with van der Waals surface area (Å²) in [6, 6.07) is 1.58. The van der Waals surface area contributed by atoms with E-state index in [1.807, 2.05) is 27.7 Å². The average Bonchev–Trinajstić information content (AvgIpc) is 2.94. The second-order valence-corrected chi connectivity index (χ2v) is 7.47. The van der Waals surface area contributed by atoms with E-state index in [2.05, 4.69) is 14.9 Å². The van der Waals surface area contributed by atoms with Gasteiger partial charge in [-0.1, -0.05) is 25.9 Å². The highest BCUT2D eigenvalue weighted by Crippen LogP contribution is 2.25. The van der Waals surface area contributed by atoms with E-state index in [9.17, 15) is 8.42 Å². The van der Waals surface area contributed by atoms with Gasteiger partial charge in [0.15, 0.2) is 10.8 Å². The van der Waals surface area contributed by atoms with Crippen molar-refractivity contribution in [2.75, 3.05) is 4.72 Å². The lowest BCUT2D eigenvalue weighted by Crippen LogP contribution is -2.14. The van der Waals surface area contributed by atoms with Crippen LogP contribution in [0.3, 0.4) is 0 Å². The lowest BCUT2D eigenvalue weighted by atomic mass is 9.93. The van der Waals surface area contributed by atoms with Gasteiger partial charge in [-0.05, 0) is 13.8 Å². The number of nitrogens with one attached hydrogen (secondary N) is 1. The average molecular weight is 312 g/mol. The quantitative estimate of drug-likeness (QED) is 0.935. The van der Waals surface area contributed by atoms with Crippen molar-refractivity contribution in [3.8, 4) is 0 Å². The molecule has 2 heterocycles. The molecule has 0 atom stereocenters. The molecule has 0 unspecified atom stereocenters. The van der Waals surface area contributed by atoms with Crippen LogP contribution in [0.2, 0.25) is 0 Å². The topological polar surface area (TPSA) is 90.0 Å². The first-order chi connectivity index (χ1) is 9.63. The molecule has 0 saturated heterocycles. The summed E-state index contributed by atoms with van der Waals surface area (Å²) in [4.78, 5) is 4.06. The third kappa shape index (κ3) is 3.26. The second-order valence-electron chi connectivity index (χ2n) is 5.84. The molecule has 0 bridgehead atoms. The van der Waals surface area contributed by atoms with Gasteiger partial charge in [-0.15, -0.1) is 0 Å². The highest BCUT2D eigenvalue weighted by Gasteiger charge is 2.24. The zero-order valence-electron chi connectivity index (χ0n) is 12.8. The number of hydrogen-bond acceptors (Lipinski definition) is 5. The highest BCUT2D eigenvalue weighted by molar-refractivity contribution is 7.92. The van der Waals surface area contributed by atoms with Crippen LogP contribution in [-0.4, -0.2) is 23.1 Å². The largest absolute Gasteiger partial charge is 0.359 e. The van der Waals surface area contributed by atoms with E-state index in [-0.39, 0.29) is 16.3 Å². The SMILES string of the molecule is CCn1cc(S(=O)(=O)Nc2cc(C(C)(C)C)on2)nc1C. The summed E-state index contributed by atoms with van der Waals surface area (Å²) in [5.41, 5.74) is -0.239. The summed E-state index contributed by atoms with van der Waals surface area (Å²) >= 11 is 0. The Kier molecular flexibility index (Phi) is 3.83. The van der Waals surface area contributed by atoms with Crippen LogP contribution < -0.4 is 4.72 Å². The van der Waals surface area contributed by atoms with Gasteiger partial charge in [0.05, 0.1) is 0 Å². The molecule has 0 fully saturated rings. The first-order valence-corrected chi connectivity index (χ1v) is 8.15. The summed E-state index contributed by atoms with van der Waals surface area (Å²) in [6.07, 6.45) is 1.50. The number of rotatable bonds is 4. The Labute approximate surface area is 124 Å². The highest BCUT2D eigenvalue weighted by atomic mass is 32.2. The minimum atomic E-state index is -3.76. The number of imidazole rings is 1. The predicted octanol–water partition coefficient (Wildman–Crippen LogP) is 2.30. The summed E-state index contributed by atoms with van der Waals surface area (Å²) in [7, 11) is -3.76. The molecule has 7 nitrogen and oxygen atoms in total. The van der Waals surface area contributed by atoms with Crippen LogP contribution in [0, 0.1) is 6.92 Å². The van der Waals surface area contributed by atoms with Crippen LogP contribution in [0.4, 0.5) is 5.82 Å². The molecule has 0 amide bonds. The van der Waals surface area contributed by atoms with Gasteiger partial charge in [0.25, 0.3) is 10.0 Å². The molecule has 0 saturated carbocycles.